The van der Waals surface area contributed by atoms with Gasteiger partial charge in [0.05, 0.1) is 11.5 Å². The molecule has 1 unspecified atom stereocenters. The minimum absolute atomic E-state index is 0.0546. The first-order valence-electron chi connectivity index (χ1n) is 6.00. The summed E-state index contributed by atoms with van der Waals surface area (Å²) in [7, 11) is -3.67. The summed E-state index contributed by atoms with van der Waals surface area (Å²) < 4.78 is 26.6. The number of nitrogens with two attached hydrogens (primary N) is 1. The molecule has 1 aromatic carbocycles. The SMILES string of the molecule is NC(=S)c1ccccc1S(=O)(=O)N1CCCC1CO. The van der Waals surface area contributed by atoms with E-state index in [9.17, 15) is 13.5 Å². The van der Waals surface area contributed by atoms with Crippen molar-refractivity contribution in [3.8, 4) is 0 Å². The summed E-state index contributed by atoms with van der Waals surface area (Å²) in [5, 5.41) is 9.27. The highest BCUT2D eigenvalue weighted by Crippen LogP contribution is 2.27. The molecule has 1 aromatic rings. The van der Waals surface area contributed by atoms with E-state index in [1.165, 1.54) is 10.4 Å². The molecule has 0 radical (unpaired) electrons. The first-order chi connectivity index (χ1) is 8.98. The largest absolute Gasteiger partial charge is 0.395 e. The second kappa shape index (κ2) is 5.54. The van der Waals surface area contributed by atoms with Gasteiger partial charge in [0.1, 0.15) is 4.99 Å². The third kappa shape index (κ3) is 2.64. The summed E-state index contributed by atoms with van der Waals surface area (Å²) in [4.78, 5) is 0.168. The van der Waals surface area contributed by atoms with Crippen LogP contribution in [0.4, 0.5) is 0 Å². The lowest BCUT2D eigenvalue weighted by Gasteiger charge is -2.23. The summed E-state index contributed by atoms with van der Waals surface area (Å²) in [6.45, 7) is 0.244. The van der Waals surface area contributed by atoms with Gasteiger partial charge in [0.15, 0.2) is 0 Å². The molecule has 7 heteroatoms. The first-order valence-corrected chi connectivity index (χ1v) is 7.85. The number of nitrogens with zero attached hydrogens (tertiary/aromatic N) is 1. The zero-order valence-corrected chi connectivity index (χ0v) is 12.0. The van der Waals surface area contributed by atoms with E-state index in [1.54, 1.807) is 18.2 Å². The molecule has 1 heterocycles. The second-order valence-electron chi connectivity index (χ2n) is 4.45. The van der Waals surface area contributed by atoms with Gasteiger partial charge >= 0.3 is 0 Å². The van der Waals surface area contributed by atoms with Crippen molar-refractivity contribution >= 4 is 27.2 Å². The van der Waals surface area contributed by atoms with Crippen LogP contribution in [-0.2, 0) is 10.0 Å². The maximum Gasteiger partial charge on any atom is 0.244 e. The van der Waals surface area contributed by atoms with Gasteiger partial charge in [-0.05, 0) is 18.9 Å². The Morgan fingerprint density at radius 3 is 2.79 bits per heavy atom. The zero-order valence-electron chi connectivity index (χ0n) is 10.3. The van der Waals surface area contributed by atoms with E-state index >= 15 is 0 Å². The molecule has 1 saturated heterocycles. The molecular weight excluding hydrogens is 284 g/mol. The van der Waals surface area contributed by atoms with E-state index in [0.717, 1.165) is 6.42 Å². The van der Waals surface area contributed by atoms with Gasteiger partial charge in [0.2, 0.25) is 10.0 Å². The van der Waals surface area contributed by atoms with Gasteiger partial charge in [0, 0.05) is 18.2 Å². The van der Waals surface area contributed by atoms with Crippen molar-refractivity contribution in [1.29, 1.82) is 0 Å². The molecule has 104 valence electrons. The fraction of sp³-hybridized carbons (Fsp3) is 0.417. The van der Waals surface area contributed by atoms with Crippen molar-refractivity contribution in [1.82, 2.24) is 4.31 Å². The van der Waals surface area contributed by atoms with Gasteiger partial charge < -0.3 is 10.8 Å². The number of thiocarbonyl (C=S) groups is 1. The number of hydrogen-bond acceptors (Lipinski definition) is 4. The molecule has 1 atom stereocenters. The number of aliphatic hydroxyl groups excluding tert-OH is 1. The highest BCUT2D eigenvalue weighted by atomic mass is 32.2. The Morgan fingerprint density at radius 1 is 1.47 bits per heavy atom. The van der Waals surface area contributed by atoms with Crippen LogP contribution in [0.15, 0.2) is 29.2 Å². The molecule has 0 amide bonds. The van der Waals surface area contributed by atoms with Crippen molar-refractivity contribution < 1.29 is 13.5 Å². The lowest BCUT2D eigenvalue weighted by atomic mass is 10.2. The Labute approximate surface area is 118 Å². The van der Waals surface area contributed by atoms with Crippen LogP contribution in [0.5, 0.6) is 0 Å². The van der Waals surface area contributed by atoms with Crippen LogP contribution >= 0.6 is 12.2 Å². The minimum atomic E-state index is -3.67. The number of aliphatic hydroxyl groups is 1. The Hall–Kier alpha value is -1.02. The van der Waals surface area contributed by atoms with E-state index in [2.05, 4.69) is 0 Å². The quantitative estimate of drug-likeness (QED) is 0.790. The van der Waals surface area contributed by atoms with Crippen LogP contribution in [0.3, 0.4) is 0 Å². The normalized spacial score (nSPS) is 20.6. The Morgan fingerprint density at radius 2 is 2.16 bits per heavy atom. The second-order valence-corrected chi connectivity index (χ2v) is 6.75. The Balaban J connectivity index is 2.48. The van der Waals surface area contributed by atoms with Gasteiger partial charge in [-0.25, -0.2) is 8.42 Å². The van der Waals surface area contributed by atoms with Crippen molar-refractivity contribution in [2.24, 2.45) is 5.73 Å². The fourth-order valence-corrected chi connectivity index (χ4v) is 4.47. The average Bonchev–Trinajstić information content (AvgIpc) is 2.87. The number of benzene rings is 1. The average molecular weight is 300 g/mol. The summed E-state index contributed by atoms with van der Waals surface area (Å²) >= 11 is 4.90. The maximum atomic E-state index is 12.6. The highest BCUT2D eigenvalue weighted by Gasteiger charge is 2.36. The molecule has 0 saturated carbocycles. The molecule has 0 spiro atoms. The van der Waals surface area contributed by atoms with E-state index in [4.69, 9.17) is 18.0 Å². The van der Waals surface area contributed by atoms with E-state index < -0.39 is 10.0 Å². The van der Waals surface area contributed by atoms with E-state index in [1.807, 2.05) is 0 Å². The molecule has 0 aliphatic carbocycles. The molecule has 2 rings (SSSR count). The zero-order chi connectivity index (χ0) is 14.0. The fourth-order valence-electron chi connectivity index (χ4n) is 2.33. The Bertz CT molecular complexity index is 586. The number of hydrogen-bond donors (Lipinski definition) is 2. The summed E-state index contributed by atoms with van der Waals surface area (Å²) in [6, 6.07) is 6.07. The molecule has 0 aromatic heterocycles. The van der Waals surface area contributed by atoms with Crippen LogP contribution in [0.25, 0.3) is 0 Å². The standard InChI is InChI=1S/C12H16N2O3S2/c13-12(18)10-5-1-2-6-11(10)19(16,17)14-7-3-4-9(14)8-15/h1-2,5-6,9,15H,3-4,7-8H2,(H2,13,18). The van der Waals surface area contributed by atoms with E-state index in [-0.39, 0.29) is 22.5 Å². The van der Waals surface area contributed by atoms with Gasteiger partial charge in [-0.15, -0.1) is 0 Å². The predicted octanol–water partition coefficient (Wildman–Crippen LogP) is 0.466. The highest BCUT2D eigenvalue weighted by molar-refractivity contribution is 7.89. The van der Waals surface area contributed by atoms with Crippen molar-refractivity contribution in [3.05, 3.63) is 29.8 Å². The topological polar surface area (TPSA) is 83.6 Å². The third-order valence-electron chi connectivity index (χ3n) is 3.27. The smallest absolute Gasteiger partial charge is 0.244 e. The van der Waals surface area contributed by atoms with Crippen molar-refractivity contribution in [2.45, 2.75) is 23.8 Å². The molecule has 1 aliphatic rings. The van der Waals surface area contributed by atoms with Gasteiger partial charge in [0.25, 0.3) is 0 Å². The van der Waals surface area contributed by atoms with Crippen LogP contribution in [0, 0.1) is 0 Å². The molecule has 1 aliphatic heterocycles. The van der Waals surface area contributed by atoms with Crippen LogP contribution in [0.1, 0.15) is 18.4 Å². The lowest BCUT2D eigenvalue weighted by molar-refractivity contribution is 0.213. The summed E-state index contributed by atoms with van der Waals surface area (Å²) in [5.41, 5.74) is 5.92. The van der Waals surface area contributed by atoms with Crippen molar-refractivity contribution in [3.63, 3.8) is 0 Å². The molecule has 5 nitrogen and oxygen atoms in total. The lowest BCUT2D eigenvalue weighted by Crippen LogP contribution is -2.38. The van der Waals surface area contributed by atoms with Gasteiger partial charge in [-0.2, -0.15) is 4.31 Å². The van der Waals surface area contributed by atoms with Gasteiger partial charge in [-0.1, -0.05) is 30.4 Å². The number of sulfonamides is 1. The first kappa shape index (κ1) is 14.4. The van der Waals surface area contributed by atoms with Crippen LogP contribution in [0.2, 0.25) is 0 Å². The third-order valence-corrected chi connectivity index (χ3v) is 5.50. The molecule has 3 N–H and O–H groups in total. The van der Waals surface area contributed by atoms with Crippen LogP contribution < -0.4 is 5.73 Å². The molecule has 1 fully saturated rings. The molecule has 0 bridgehead atoms. The minimum Gasteiger partial charge on any atom is -0.395 e. The monoisotopic (exact) mass is 300 g/mol. The van der Waals surface area contributed by atoms with E-state index in [0.29, 0.717) is 18.5 Å². The predicted molar refractivity (Wildman–Crippen MR) is 76.3 cm³/mol. The summed E-state index contributed by atoms with van der Waals surface area (Å²) in [6.07, 6.45) is 1.42. The summed E-state index contributed by atoms with van der Waals surface area (Å²) in [5.74, 6) is 0. The molecular formula is C12H16N2O3S2. The molecule has 19 heavy (non-hydrogen) atoms. The maximum absolute atomic E-state index is 12.6. The van der Waals surface area contributed by atoms with Crippen molar-refractivity contribution in [2.75, 3.05) is 13.2 Å². The van der Waals surface area contributed by atoms with Crippen LogP contribution in [-0.4, -0.2) is 42.0 Å². The Kier molecular flexibility index (Phi) is 4.19. The van der Waals surface area contributed by atoms with Gasteiger partial charge in [-0.3, -0.25) is 0 Å². The number of rotatable bonds is 4.